The molecule has 4 nitrogen and oxygen atoms in total. The first kappa shape index (κ1) is 16.1. The number of nitrogens with zero attached hydrogens (tertiary/aromatic N) is 2. The minimum atomic E-state index is -4.41. The summed E-state index contributed by atoms with van der Waals surface area (Å²) in [6.07, 6.45) is -2.36. The zero-order chi connectivity index (χ0) is 16.6. The Bertz CT molecular complexity index is 590. The van der Waals surface area contributed by atoms with Crippen LogP contribution in [0.1, 0.15) is 18.4 Å². The average Bonchev–Trinajstić information content (AvgIpc) is 2.75. The van der Waals surface area contributed by atoms with Gasteiger partial charge in [-0.1, -0.05) is 6.07 Å². The second kappa shape index (κ2) is 6.03. The molecule has 7 heteroatoms. The van der Waals surface area contributed by atoms with E-state index in [2.05, 4.69) is 10.2 Å². The number of urea groups is 1. The van der Waals surface area contributed by atoms with E-state index in [1.54, 1.807) is 4.90 Å². The fourth-order valence-corrected chi connectivity index (χ4v) is 3.53. The van der Waals surface area contributed by atoms with Gasteiger partial charge >= 0.3 is 12.2 Å². The first-order valence-corrected chi connectivity index (χ1v) is 7.76. The Kier molecular flexibility index (Phi) is 4.23. The van der Waals surface area contributed by atoms with Gasteiger partial charge in [0.15, 0.2) is 0 Å². The van der Waals surface area contributed by atoms with Gasteiger partial charge in [0.2, 0.25) is 0 Å². The van der Waals surface area contributed by atoms with Gasteiger partial charge in [-0.2, -0.15) is 13.2 Å². The van der Waals surface area contributed by atoms with E-state index in [1.165, 1.54) is 12.1 Å². The van der Waals surface area contributed by atoms with Crippen molar-refractivity contribution in [2.24, 2.45) is 5.92 Å². The first-order chi connectivity index (χ1) is 10.8. The maximum Gasteiger partial charge on any atom is 0.416 e. The van der Waals surface area contributed by atoms with E-state index in [0.29, 0.717) is 12.5 Å². The number of fused-ring (bicyclic) bond motifs is 4. The normalized spacial score (nSPS) is 25.3. The lowest BCUT2D eigenvalue weighted by Gasteiger charge is -2.36. The molecule has 2 atom stereocenters. The molecule has 3 fully saturated rings. The van der Waals surface area contributed by atoms with Crippen LogP contribution in [0, 0.1) is 5.92 Å². The molecule has 0 radical (unpaired) electrons. The van der Waals surface area contributed by atoms with Crippen LogP contribution < -0.4 is 5.32 Å². The van der Waals surface area contributed by atoms with Gasteiger partial charge in [-0.05, 0) is 44.0 Å². The number of benzene rings is 1. The first-order valence-electron chi connectivity index (χ1n) is 7.76. The summed E-state index contributed by atoms with van der Waals surface area (Å²) in [6.45, 7) is 2.44. The highest BCUT2D eigenvalue weighted by Crippen LogP contribution is 2.31. The van der Waals surface area contributed by atoms with Gasteiger partial charge in [0, 0.05) is 31.4 Å². The van der Waals surface area contributed by atoms with E-state index in [1.807, 2.05) is 7.05 Å². The highest BCUT2D eigenvalue weighted by molar-refractivity contribution is 5.89. The fraction of sp³-hybridized carbons (Fsp3) is 0.562. The second-order valence-corrected chi connectivity index (χ2v) is 6.48. The largest absolute Gasteiger partial charge is 0.416 e. The van der Waals surface area contributed by atoms with Gasteiger partial charge in [-0.15, -0.1) is 0 Å². The number of alkyl halides is 3. The third-order valence-corrected chi connectivity index (χ3v) is 4.60. The van der Waals surface area contributed by atoms with E-state index in [4.69, 9.17) is 0 Å². The molecule has 3 aliphatic rings. The summed E-state index contributed by atoms with van der Waals surface area (Å²) in [6, 6.07) is 4.58. The van der Waals surface area contributed by atoms with E-state index < -0.39 is 11.7 Å². The molecule has 3 saturated heterocycles. The quantitative estimate of drug-likeness (QED) is 0.859. The van der Waals surface area contributed by atoms with Crippen LogP contribution in [0.3, 0.4) is 0 Å². The number of amides is 2. The topological polar surface area (TPSA) is 35.6 Å². The monoisotopic (exact) mass is 327 g/mol. The Labute approximate surface area is 133 Å². The molecule has 23 heavy (non-hydrogen) atoms. The van der Waals surface area contributed by atoms with Crippen LogP contribution in [-0.4, -0.2) is 48.6 Å². The lowest BCUT2D eigenvalue weighted by molar-refractivity contribution is -0.137. The highest BCUT2D eigenvalue weighted by atomic mass is 19.4. The number of carbonyl (C=O) groups is 1. The van der Waals surface area contributed by atoms with Crippen molar-refractivity contribution < 1.29 is 18.0 Å². The predicted molar refractivity (Wildman–Crippen MR) is 81.2 cm³/mol. The van der Waals surface area contributed by atoms with Crippen molar-refractivity contribution in [2.45, 2.75) is 25.1 Å². The van der Waals surface area contributed by atoms with E-state index in [-0.39, 0.29) is 17.8 Å². The van der Waals surface area contributed by atoms with Crippen molar-refractivity contribution >= 4 is 11.7 Å². The number of carbonyl (C=O) groups excluding carboxylic acids is 1. The minimum Gasteiger partial charge on any atom is -0.320 e. The van der Waals surface area contributed by atoms with Crippen LogP contribution in [-0.2, 0) is 6.18 Å². The van der Waals surface area contributed by atoms with Crippen molar-refractivity contribution in [2.75, 3.05) is 32.0 Å². The molecule has 3 heterocycles. The third-order valence-electron chi connectivity index (χ3n) is 4.60. The van der Waals surface area contributed by atoms with Gasteiger partial charge in [0.05, 0.1) is 5.56 Å². The maximum atomic E-state index is 12.8. The Morgan fingerprint density at radius 3 is 2.74 bits per heavy atom. The smallest absolute Gasteiger partial charge is 0.320 e. The van der Waals surface area contributed by atoms with Crippen LogP contribution in [0.5, 0.6) is 0 Å². The van der Waals surface area contributed by atoms with E-state index in [9.17, 15) is 18.0 Å². The number of likely N-dealkylation sites (N-methyl/N-ethyl adjacent to an activating group) is 1. The molecule has 1 aromatic rings. The van der Waals surface area contributed by atoms with Crippen molar-refractivity contribution in [1.82, 2.24) is 9.80 Å². The third kappa shape index (κ3) is 3.60. The summed E-state index contributed by atoms with van der Waals surface area (Å²) < 4.78 is 38.3. The summed E-state index contributed by atoms with van der Waals surface area (Å²) in [5.41, 5.74) is -0.578. The van der Waals surface area contributed by atoms with Crippen molar-refractivity contribution in [1.29, 1.82) is 0 Å². The number of nitrogens with one attached hydrogen (secondary N) is 1. The minimum absolute atomic E-state index is 0.129. The molecule has 2 bridgehead atoms. The number of halogens is 3. The van der Waals surface area contributed by atoms with Crippen LogP contribution in [0.2, 0.25) is 0 Å². The summed E-state index contributed by atoms with van der Waals surface area (Å²) in [5.74, 6) is 0.436. The number of piperidine rings is 1. The fourth-order valence-electron chi connectivity index (χ4n) is 3.53. The molecular weight excluding hydrogens is 307 g/mol. The lowest BCUT2D eigenvalue weighted by atomic mass is 9.95. The van der Waals surface area contributed by atoms with Crippen LogP contribution in [0.4, 0.5) is 23.7 Å². The zero-order valence-corrected chi connectivity index (χ0v) is 12.9. The Balaban J connectivity index is 1.72. The molecule has 4 rings (SSSR count). The molecule has 1 N–H and O–H groups in total. The number of rotatable bonds is 1. The summed E-state index contributed by atoms with van der Waals surface area (Å²) >= 11 is 0. The molecule has 1 aromatic carbocycles. The van der Waals surface area contributed by atoms with Crippen molar-refractivity contribution in [3.05, 3.63) is 29.8 Å². The molecule has 0 aromatic heterocycles. The maximum absolute atomic E-state index is 12.8. The molecule has 126 valence electrons. The van der Waals surface area contributed by atoms with Crippen LogP contribution >= 0.6 is 0 Å². The van der Waals surface area contributed by atoms with Gasteiger partial charge in [-0.25, -0.2) is 4.79 Å². The van der Waals surface area contributed by atoms with E-state index >= 15 is 0 Å². The number of hydrogen-bond acceptors (Lipinski definition) is 2. The highest BCUT2D eigenvalue weighted by Gasteiger charge is 2.36. The van der Waals surface area contributed by atoms with Gasteiger partial charge in [0.1, 0.15) is 0 Å². The molecule has 0 spiro atoms. The molecule has 3 aliphatic heterocycles. The van der Waals surface area contributed by atoms with Crippen LogP contribution in [0.15, 0.2) is 24.3 Å². The van der Waals surface area contributed by atoms with Crippen LogP contribution in [0.25, 0.3) is 0 Å². The van der Waals surface area contributed by atoms with Gasteiger partial charge < -0.3 is 15.1 Å². The molecule has 0 unspecified atom stereocenters. The number of hydrogen-bond donors (Lipinski definition) is 1. The molecular formula is C16H20F3N3O. The Morgan fingerprint density at radius 1 is 1.22 bits per heavy atom. The lowest BCUT2D eigenvalue weighted by Crippen LogP contribution is -2.49. The summed E-state index contributed by atoms with van der Waals surface area (Å²) in [5, 5.41) is 2.62. The Hall–Kier alpha value is -1.76. The van der Waals surface area contributed by atoms with Gasteiger partial charge in [0.25, 0.3) is 0 Å². The molecule has 0 saturated carbocycles. The second-order valence-electron chi connectivity index (χ2n) is 6.48. The van der Waals surface area contributed by atoms with Crippen molar-refractivity contribution in [3.8, 4) is 0 Å². The summed E-state index contributed by atoms with van der Waals surface area (Å²) in [7, 11) is 2.04. The zero-order valence-electron chi connectivity index (χ0n) is 12.9. The summed E-state index contributed by atoms with van der Waals surface area (Å²) in [4.78, 5) is 16.5. The Morgan fingerprint density at radius 2 is 2.00 bits per heavy atom. The SMILES string of the molecule is CN1C[C@@H]2CC[C@H](C1)N(C(=O)Nc1cccc(C(F)(F)F)c1)C2. The number of anilines is 1. The van der Waals surface area contributed by atoms with E-state index in [0.717, 1.165) is 38.1 Å². The molecule has 0 aliphatic carbocycles. The van der Waals surface area contributed by atoms with Gasteiger partial charge in [-0.3, -0.25) is 0 Å². The van der Waals surface area contributed by atoms with Crippen molar-refractivity contribution in [3.63, 3.8) is 0 Å². The standard InChI is InChI=1S/C16H20F3N3O/c1-21-8-11-5-6-14(10-21)22(9-11)15(23)20-13-4-2-3-12(7-13)16(17,18)19/h2-4,7,11,14H,5-6,8-10H2,1H3,(H,20,23)/t11-,14+/m0/s1. The predicted octanol–water partition coefficient (Wildman–Crippen LogP) is 3.26. The molecule has 2 amide bonds. The average molecular weight is 327 g/mol.